The van der Waals surface area contributed by atoms with Gasteiger partial charge >= 0.3 is 0 Å². The SMILES string of the molecule is CCOc1cc(C)nc(NCC2CCCCC2Cl)n1. The van der Waals surface area contributed by atoms with E-state index in [-0.39, 0.29) is 5.38 Å². The van der Waals surface area contributed by atoms with E-state index in [1.165, 1.54) is 19.3 Å². The molecule has 0 saturated heterocycles. The van der Waals surface area contributed by atoms with Crippen LogP contribution in [-0.2, 0) is 0 Å². The predicted molar refractivity (Wildman–Crippen MR) is 78.0 cm³/mol. The quantitative estimate of drug-likeness (QED) is 0.842. The summed E-state index contributed by atoms with van der Waals surface area (Å²) in [5.41, 5.74) is 0.909. The van der Waals surface area contributed by atoms with Gasteiger partial charge in [0.05, 0.1) is 6.61 Å². The summed E-state index contributed by atoms with van der Waals surface area (Å²) in [6.45, 7) is 5.34. The van der Waals surface area contributed by atoms with E-state index in [0.717, 1.165) is 18.7 Å². The van der Waals surface area contributed by atoms with Gasteiger partial charge in [-0.25, -0.2) is 4.98 Å². The van der Waals surface area contributed by atoms with Crippen molar-refractivity contribution in [3.63, 3.8) is 0 Å². The highest BCUT2D eigenvalue weighted by molar-refractivity contribution is 6.20. The van der Waals surface area contributed by atoms with Crippen LogP contribution < -0.4 is 10.1 Å². The van der Waals surface area contributed by atoms with Gasteiger partial charge in [0.2, 0.25) is 11.8 Å². The minimum absolute atomic E-state index is 0.275. The normalized spacial score (nSPS) is 23.1. The lowest BCUT2D eigenvalue weighted by Crippen LogP contribution is -2.27. The number of aryl methyl sites for hydroxylation is 1. The Balaban J connectivity index is 1.94. The molecule has 19 heavy (non-hydrogen) atoms. The second kappa shape index (κ2) is 6.94. The first-order chi connectivity index (χ1) is 9.19. The lowest BCUT2D eigenvalue weighted by molar-refractivity contribution is 0.326. The van der Waals surface area contributed by atoms with Gasteiger partial charge in [0.25, 0.3) is 0 Å². The molecule has 5 heteroatoms. The number of rotatable bonds is 5. The molecule has 2 unspecified atom stereocenters. The molecule has 0 aliphatic heterocycles. The minimum Gasteiger partial charge on any atom is -0.478 e. The highest BCUT2D eigenvalue weighted by atomic mass is 35.5. The van der Waals surface area contributed by atoms with Crippen LogP contribution in [0, 0.1) is 12.8 Å². The highest BCUT2D eigenvalue weighted by Crippen LogP contribution is 2.28. The van der Waals surface area contributed by atoms with Crippen molar-refractivity contribution in [1.29, 1.82) is 0 Å². The molecule has 0 amide bonds. The molecule has 106 valence electrons. The molecule has 0 bridgehead atoms. The Kier molecular flexibility index (Phi) is 5.25. The second-order valence-corrected chi connectivity index (χ2v) is 5.61. The van der Waals surface area contributed by atoms with Crippen molar-refractivity contribution < 1.29 is 4.74 Å². The summed E-state index contributed by atoms with van der Waals surface area (Å²) in [4.78, 5) is 8.73. The average Bonchev–Trinajstić information content (AvgIpc) is 2.37. The smallest absolute Gasteiger partial charge is 0.226 e. The molecule has 1 heterocycles. The van der Waals surface area contributed by atoms with Crippen molar-refractivity contribution in [3.8, 4) is 5.88 Å². The number of halogens is 1. The summed E-state index contributed by atoms with van der Waals surface area (Å²) in [6, 6.07) is 1.85. The molecule has 1 aromatic heterocycles. The first-order valence-electron chi connectivity index (χ1n) is 7.05. The van der Waals surface area contributed by atoms with Crippen molar-refractivity contribution >= 4 is 17.5 Å². The molecular weight excluding hydrogens is 262 g/mol. The monoisotopic (exact) mass is 283 g/mol. The van der Waals surface area contributed by atoms with Crippen molar-refractivity contribution in [2.75, 3.05) is 18.5 Å². The molecular formula is C14H22ClN3O. The van der Waals surface area contributed by atoms with Crippen LogP contribution in [0.3, 0.4) is 0 Å². The van der Waals surface area contributed by atoms with E-state index in [0.29, 0.717) is 24.4 Å². The zero-order chi connectivity index (χ0) is 13.7. The van der Waals surface area contributed by atoms with E-state index in [2.05, 4.69) is 15.3 Å². The van der Waals surface area contributed by atoms with Crippen LogP contribution in [-0.4, -0.2) is 28.5 Å². The van der Waals surface area contributed by atoms with Crippen LogP contribution in [0.25, 0.3) is 0 Å². The van der Waals surface area contributed by atoms with Crippen molar-refractivity contribution in [1.82, 2.24) is 9.97 Å². The number of anilines is 1. The van der Waals surface area contributed by atoms with Crippen LogP contribution in [0.2, 0.25) is 0 Å². The van der Waals surface area contributed by atoms with Gasteiger partial charge in [-0.2, -0.15) is 4.98 Å². The van der Waals surface area contributed by atoms with Crippen LogP contribution in [0.4, 0.5) is 5.95 Å². The zero-order valence-corrected chi connectivity index (χ0v) is 12.4. The Labute approximate surface area is 119 Å². The largest absolute Gasteiger partial charge is 0.478 e. The molecule has 0 spiro atoms. The zero-order valence-electron chi connectivity index (χ0n) is 11.7. The van der Waals surface area contributed by atoms with E-state index in [4.69, 9.17) is 16.3 Å². The van der Waals surface area contributed by atoms with Gasteiger partial charge in [-0.3, -0.25) is 0 Å². The molecule has 2 rings (SSSR count). The number of hydrogen-bond acceptors (Lipinski definition) is 4. The van der Waals surface area contributed by atoms with Gasteiger partial charge in [-0.05, 0) is 32.6 Å². The second-order valence-electron chi connectivity index (χ2n) is 5.05. The molecule has 4 nitrogen and oxygen atoms in total. The number of nitrogens with one attached hydrogen (secondary N) is 1. The molecule has 1 saturated carbocycles. The molecule has 2 atom stereocenters. The Morgan fingerprint density at radius 1 is 1.37 bits per heavy atom. The van der Waals surface area contributed by atoms with E-state index in [1.54, 1.807) is 0 Å². The van der Waals surface area contributed by atoms with Gasteiger partial charge in [-0.1, -0.05) is 12.8 Å². The fourth-order valence-electron chi connectivity index (χ4n) is 2.46. The molecule has 1 N–H and O–H groups in total. The summed E-state index contributed by atoms with van der Waals surface area (Å²) in [6.07, 6.45) is 4.83. The molecule has 1 fully saturated rings. The van der Waals surface area contributed by atoms with Gasteiger partial charge in [0.1, 0.15) is 0 Å². The Morgan fingerprint density at radius 3 is 2.89 bits per heavy atom. The van der Waals surface area contributed by atoms with E-state index in [9.17, 15) is 0 Å². The van der Waals surface area contributed by atoms with Crippen molar-refractivity contribution in [2.45, 2.75) is 44.9 Å². The molecule has 0 aromatic carbocycles. The molecule has 1 aliphatic carbocycles. The molecule has 1 aromatic rings. The Bertz CT molecular complexity index is 414. The summed E-state index contributed by atoms with van der Waals surface area (Å²) < 4.78 is 5.42. The summed E-state index contributed by atoms with van der Waals surface area (Å²) in [5, 5.41) is 3.57. The first kappa shape index (κ1) is 14.4. The van der Waals surface area contributed by atoms with Crippen LogP contribution in [0.5, 0.6) is 5.88 Å². The summed E-state index contributed by atoms with van der Waals surface area (Å²) >= 11 is 6.36. The van der Waals surface area contributed by atoms with Gasteiger partial charge in [0, 0.05) is 23.7 Å². The number of ether oxygens (including phenoxy) is 1. The van der Waals surface area contributed by atoms with Gasteiger partial charge in [-0.15, -0.1) is 11.6 Å². The number of alkyl halides is 1. The van der Waals surface area contributed by atoms with E-state index in [1.807, 2.05) is 19.9 Å². The van der Waals surface area contributed by atoms with Crippen LogP contribution >= 0.6 is 11.6 Å². The maximum Gasteiger partial charge on any atom is 0.226 e. The standard InChI is InChI=1S/C14H22ClN3O/c1-3-19-13-8-10(2)17-14(18-13)16-9-11-6-4-5-7-12(11)15/h8,11-12H,3-7,9H2,1-2H3,(H,16,17,18). The Morgan fingerprint density at radius 2 is 2.16 bits per heavy atom. The molecule has 0 radical (unpaired) electrons. The fourth-order valence-corrected chi connectivity index (χ4v) is 2.82. The van der Waals surface area contributed by atoms with Gasteiger partial charge < -0.3 is 10.1 Å². The topological polar surface area (TPSA) is 47.0 Å². The molecule has 1 aliphatic rings. The lowest BCUT2D eigenvalue weighted by Gasteiger charge is -2.27. The number of nitrogens with zero attached hydrogens (tertiary/aromatic N) is 2. The fraction of sp³-hybridized carbons (Fsp3) is 0.714. The van der Waals surface area contributed by atoms with E-state index < -0.39 is 0 Å². The van der Waals surface area contributed by atoms with Crippen molar-refractivity contribution in [3.05, 3.63) is 11.8 Å². The maximum atomic E-state index is 6.36. The van der Waals surface area contributed by atoms with Crippen molar-refractivity contribution in [2.24, 2.45) is 5.92 Å². The number of aromatic nitrogens is 2. The van der Waals surface area contributed by atoms with Crippen LogP contribution in [0.15, 0.2) is 6.07 Å². The van der Waals surface area contributed by atoms with Gasteiger partial charge in [0.15, 0.2) is 0 Å². The minimum atomic E-state index is 0.275. The van der Waals surface area contributed by atoms with E-state index >= 15 is 0 Å². The lowest BCUT2D eigenvalue weighted by atomic mass is 9.89. The average molecular weight is 284 g/mol. The summed E-state index contributed by atoms with van der Waals surface area (Å²) in [7, 11) is 0. The van der Waals surface area contributed by atoms with Crippen LogP contribution in [0.1, 0.15) is 38.3 Å². The third-order valence-electron chi connectivity index (χ3n) is 3.46. The first-order valence-corrected chi connectivity index (χ1v) is 7.49. The number of hydrogen-bond donors (Lipinski definition) is 1. The predicted octanol–water partition coefficient (Wildman–Crippen LogP) is 3.39. The third kappa shape index (κ3) is 4.23. The highest BCUT2D eigenvalue weighted by Gasteiger charge is 2.23. The maximum absolute atomic E-state index is 6.36. The third-order valence-corrected chi connectivity index (χ3v) is 4.04. The summed E-state index contributed by atoms with van der Waals surface area (Å²) in [5.74, 6) is 1.77. The Hall–Kier alpha value is -1.03.